The van der Waals surface area contributed by atoms with Crippen molar-refractivity contribution in [3.05, 3.63) is 35.4 Å². The fourth-order valence-electron chi connectivity index (χ4n) is 1.72. The molecule has 60 valence electrons. The van der Waals surface area contributed by atoms with Crippen LogP contribution in [0.5, 0.6) is 0 Å². The second kappa shape index (κ2) is 2.66. The van der Waals surface area contributed by atoms with Crippen molar-refractivity contribution in [1.82, 2.24) is 0 Å². The minimum absolute atomic E-state index is 0.0256. The molecule has 1 heteroatoms. The summed E-state index contributed by atoms with van der Waals surface area (Å²) >= 11 is 0. The lowest BCUT2D eigenvalue weighted by atomic mass is 10.1. The third kappa shape index (κ3) is 0.929. The molecular formula is C11H10O. The van der Waals surface area contributed by atoms with E-state index in [-0.39, 0.29) is 5.92 Å². The summed E-state index contributed by atoms with van der Waals surface area (Å²) in [7, 11) is 0. The van der Waals surface area contributed by atoms with Crippen molar-refractivity contribution >= 4 is 0 Å². The molecule has 0 aromatic heterocycles. The van der Waals surface area contributed by atoms with Crippen LogP contribution in [-0.4, -0.2) is 5.11 Å². The molecular weight excluding hydrogens is 148 g/mol. The van der Waals surface area contributed by atoms with Crippen LogP contribution in [0.2, 0.25) is 0 Å². The van der Waals surface area contributed by atoms with Gasteiger partial charge in [0.2, 0.25) is 0 Å². The molecule has 0 radical (unpaired) electrons. The third-order valence-corrected chi connectivity index (χ3v) is 2.41. The smallest absolute Gasteiger partial charge is 0.0933 e. The minimum atomic E-state index is -0.453. The van der Waals surface area contributed by atoms with E-state index in [1.165, 1.54) is 5.56 Å². The first-order valence-electron chi connectivity index (χ1n) is 4.05. The largest absolute Gasteiger partial charge is 0.387 e. The van der Waals surface area contributed by atoms with Crippen LogP contribution < -0.4 is 0 Å². The van der Waals surface area contributed by atoms with E-state index in [9.17, 15) is 5.11 Å². The summed E-state index contributed by atoms with van der Waals surface area (Å²) in [5, 5.41) is 9.70. The van der Waals surface area contributed by atoms with Crippen molar-refractivity contribution in [3.8, 4) is 12.3 Å². The standard InChI is InChI=1S/C11H10O/c1-2-8-7-9-5-3-4-6-10(9)11(8)12/h1,3-6,8,11-12H,7H2. The Morgan fingerprint density at radius 2 is 2.17 bits per heavy atom. The van der Waals surface area contributed by atoms with Gasteiger partial charge < -0.3 is 5.11 Å². The Hall–Kier alpha value is -1.26. The number of rotatable bonds is 0. The molecule has 0 saturated carbocycles. The first-order valence-corrected chi connectivity index (χ1v) is 4.05. The zero-order valence-corrected chi connectivity index (χ0v) is 6.70. The lowest BCUT2D eigenvalue weighted by molar-refractivity contribution is 0.150. The van der Waals surface area contributed by atoms with Gasteiger partial charge in [-0.3, -0.25) is 0 Å². The summed E-state index contributed by atoms with van der Waals surface area (Å²) in [6.45, 7) is 0. The second-order valence-corrected chi connectivity index (χ2v) is 3.12. The fourth-order valence-corrected chi connectivity index (χ4v) is 1.72. The minimum Gasteiger partial charge on any atom is -0.387 e. The van der Waals surface area contributed by atoms with Gasteiger partial charge in [-0.05, 0) is 17.5 Å². The molecule has 1 aromatic carbocycles. The number of fused-ring (bicyclic) bond motifs is 1. The highest BCUT2D eigenvalue weighted by Crippen LogP contribution is 2.34. The molecule has 1 nitrogen and oxygen atoms in total. The van der Waals surface area contributed by atoms with Crippen LogP contribution in [0.4, 0.5) is 0 Å². The molecule has 0 bridgehead atoms. The number of hydrogen-bond acceptors (Lipinski definition) is 1. The fraction of sp³-hybridized carbons (Fsp3) is 0.273. The van der Waals surface area contributed by atoms with E-state index in [1.807, 2.05) is 24.3 Å². The molecule has 0 spiro atoms. The molecule has 12 heavy (non-hydrogen) atoms. The highest BCUT2D eigenvalue weighted by molar-refractivity contribution is 5.36. The molecule has 0 saturated heterocycles. The van der Waals surface area contributed by atoms with Crippen LogP contribution in [0.3, 0.4) is 0 Å². The van der Waals surface area contributed by atoms with Crippen molar-refractivity contribution in [2.75, 3.05) is 0 Å². The first kappa shape index (κ1) is 7.39. The second-order valence-electron chi connectivity index (χ2n) is 3.12. The summed E-state index contributed by atoms with van der Waals surface area (Å²) < 4.78 is 0. The van der Waals surface area contributed by atoms with Gasteiger partial charge in [-0.25, -0.2) is 0 Å². The van der Waals surface area contributed by atoms with Crippen LogP contribution in [0.1, 0.15) is 17.2 Å². The normalized spacial score (nSPS) is 26.3. The van der Waals surface area contributed by atoms with E-state index >= 15 is 0 Å². The summed E-state index contributed by atoms with van der Waals surface area (Å²) in [5.41, 5.74) is 2.19. The number of terminal acetylenes is 1. The molecule has 1 aromatic rings. The molecule has 0 aliphatic heterocycles. The lowest BCUT2D eigenvalue weighted by Crippen LogP contribution is -2.03. The van der Waals surface area contributed by atoms with Gasteiger partial charge in [0.05, 0.1) is 12.0 Å². The van der Waals surface area contributed by atoms with Crippen LogP contribution in [0, 0.1) is 18.3 Å². The molecule has 0 heterocycles. The van der Waals surface area contributed by atoms with Gasteiger partial charge in [0.15, 0.2) is 0 Å². The molecule has 2 unspecified atom stereocenters. The van der Waals surface area contributed by atoms with Crippen molar-refractivity contribution in [1.29, 1.82) is 0 Å². The topological polar surface area (TPSA) is 20.2 Å². The quantitative estimate of drug-likeness (QED) is 0.568. The number of hydrogen-bond donors (Lipinski definition) is 1. The number of aliphatic hydroxyl groups is 1. The maximum absolute atomic E-state index is 9.70. The van der Waals surface area contributed by atoms with Gasteiger partial charge in [0.1, 0.15) is 0 Å². The number of aliphatic hydroxyl groups excluding tert-OH is 1. The lowest BCUT2D eigenvalue weighted by Gasteiger charge is -2.06. The van der Waals surface area contributed by atoms with Crippen molar-refractivity contribution in [3.63, 3.8) is 0 Å². The van der Waals surface area contributed by atoms with E-state index in [0.29, 0.717) is 0 Å². The molecule has 0 amide bonds. The summed E-state index contributed by atoms with van der Waals surface area (Å²) in [4.78, 5) is 0. The van der Waals surface area contributed by atoms with Crippen molar-refractivity contribution in [2.24, 2.45) is 5.92 Å². The Morgan fingerprint density at radius 1 is 1.42 bits per heavy atom. The van der Waals surface area contributed by atoms with Crippen molar-refractivity contribution in [2.45, 2.75) is 12.5 Å². The van der Waals surface area contributed by atoms with Gasteiger partial charge in [-0.2, -0.15) is 0 Å². The molecule has 2 atom stereocenters. The van der Waals surface area contributed by atoms with E-state index in [2.05, 4.69) is 5.92 Å². The van der Waals surface area contributed by atoms with E-state index in [1.54, 1.807) is 0 Å². The highest BCUT2D eigenvalue weighted by atomic mass is 16.3. The zero-order chi connectivity index (χ0) is 8.55. The Balaban J connectivity index is 2.44. The summed E-state index contributed by atoms with van der Waals surface area (Å²) in [5.74, 6) is 2.59. The molecule has 0 fully saturated rings. The Bertz CT molecular complexity index is 335. The maximum atomic E-state index is 9.70. The van der Waals surface area contributed by atoms with Gasteiger partial charge in [-0.15, -0.1) is 6.42 Å². The van der Waals surface area contributed by atoms with E-state index in [4.69, 9.17) is 6.42 Å². The monoisotopic (exact) mass is 158 g/mol. The maximum Gasteiger partial charge on any atom is 0.0933 e. The SMILES string of the molecule is C#CC1Cc2ccccc2C1O. The van der Waals surface area contributed by atoms with Gasteiger partial charge in [-0.1, -0.05) is 30.2 Å². The predicted molar refractivity (Wildman–Crippen MR) is 47.4 cm³/mol. The van der Waals surface area contributed by atoms with Crippen LogP contribution in [0.15, 0.2) is 24.3 Å². The molecule has 1 aliphatic rings. The average Bonchev–Trinajstić information content (AvgIpc) is 2.44. The van der Waals surface area contributed by atoms with Gasteiger partial charge in [0.25, 0.3) is 0 Å². The first-order chi connectivity index (χ1) is 5.83. The van der Waals surface area contributed by atoms with Crippen molar-refractivity contribution < 1.29 is 5.11 Å². The van der Waals surface area contributed by atoms with Crippen LogP contribution >= 0.6 is 0 Å². The average molecular weight is 158 g/mol. The summed E-state index contributed by atoms with van der Waals surface area (Å²) in [6.07, 6.45) is 5.65. The van der Waals surface area contributed by atoms with Gasteiger partial charge >= 0.3 is 0 Å². The van der Waals surface area contributed by atoms with Crippen LogP contribution in [0.25, 0.3) is 0 Å². The van der Waals surface area contributed by atoms with E-state index in [0.717, 1.165) is 12.0 Å². The summed E-state index contributed by atoms with van der Waals surface area (Å²) in [6, 6.07) is 7.87. The zero-order valence-electron chi connectivity index (χ0n) is 6.70. The van der Waals surface area contributed by atoms with E-state index < -0.39 is 6.10 Å². The Morgan fingerprint density at radius 3 is 2.83 bits per heavy atom. The van der Waals surface area contributed by atoms with Crippen LogP contribution in [-0.2, 0) is 6.42 Å². The Kier molecular flexibility index (Phi) is 1.64. The Labute approximate surface area is 72.0 Å². The molecule has 2 rings (SSSR count). The third-order valence-electron chi connectivity index (χ3n) is 2.41. The molecule has 1 aliphatic carbocycles. The number of benzene rings is 1. The van der Waals surface area contributed by atoms with Gasteiger partial charge in [0, 0.05) is 0 Å². The highest BCUT2D eigenvalue weighted by Gasteiger charge is 2.28. The molecule has 1 N–H and O–H groups in total. The predicted octanol–water partition coefficient (Wildman–Crippen LogP) is 1.53.